The highest BCUT2D eigenvalue weighted by Crippen LogP contribution is 2.26. The number of fused-ring (bicyclic) bond motifs is 1. The van der Waals surface area contributed by atoms with Gasteiger partial charge in [-0.05, 0) is 43.0 Å². The van der Waals surface area contributed by atoms with E-state index in [2.05, 4.69) is 77.1 Å². The van der Waals surface area contributed by atoms with Crippen LogP contribution in [0.1, 0.15) is 31.2 Å². The molecule has 3 heteroatoms. The van der Waals surface area contributed by atoms with Crippen LogP contribution in [0.4, 0.5) is 0 Å². The van der Waals surface area contributed by atoms with Crippen LogP contribution in [-0.4, -0.2) is 27.5 Å². The molecule has 0 atom stereocenters. The third kappa shape index (κ3) is 3.38. The highest BCUT2D eigenvalue weighted by molar-refractivity contribution is 5.80. The quantitative estimate of drug-likeness (QED) is 0.689. The number of hydrogen-bond donors (Lipinski definition) is 0. The molecule has 0 bridgehead atoms. The van der Waals surface area contributed by atoms with Gasteiger partial charge in [-0.2, -0.15) is 0 Å². The van der Waals surface area contributed by atoms with Crippen molar-refractivity contribution in [1.82, 2.24) is 14.5 Å². The summed E-state index contributed by atoms with van der Waals surface area (Å²) in [4.78, 5) is 7.49. The molecule has 1 aliphatic heterocycles. The van der Waals surface area contributed by atoms with Gasteiger partial charge in [0.15, 0.2) is 0 Å². The average molecular weight is 331 g/mol. The maximum Gasteiger partial charge on any atom is 0.136 e. The molecule has 0 N–H and O–H groups in total. The molecule has 128 valence electrons. The Balaban J connectivity index is 1.54. The molecule has 2 aromatic carbocycles. The third-order valence-electron chi connectivity index (χ3n) is 5.04. The van der Waals surface area contributed by atoms with Gasteiger partial charge in [0, 0.05) is 26.2 Å². The lowest BCUT2D eigenvalue weighted by Crippen LogP contribution is -2.24. The summed E-state index contributed by atoms with van der Waals surface area (Å²) in [5, 5.41) is 0. The number of benzene rings is 2. The molecule has 0 fully saturated rings. The van der Waals surface area contributed by atoms with Crippen molar-refractivity contribution in [3.8, 4) is 0 Å². The van der Waals surface area contributed by atoms with Crippen LogP contribution in [0.5, 0.6) is 0 Å². The standard InChI is InChI=1S/C22H25N3/c1-2-25-21-13-7-6-12-20(21)23-22(25)19-11-8-15-24(16-14-19)17-18-9-4-3-5-10-18/h3-7,9-13H,2,8,14-17H2,1H3. The molecular weight excluding hydrogens is 306 g/mol. The fourth-order valence-corrected chi connectivity index (χ4v) is 3.76. The first-order chi connectivity index (χ1) is 12.3. The highest BCUT2D eigenvalue weighted by atomic mass is 15.1. The molecule has 2 heterocycles. The van der Waals surface area contributed by atoms with Crippen molar-refractivity contribution in [1.29, 1.82) is 0 Å². The normalized spacial score (nSPS) is 16.0. The Labute approximate surface area is 149 Å². The van der Waals surface area contributed by atoms with Crippen LogP contribution in [0.25, 0.3) is 16.6 Å². The van der Waals surface area contributed by atoms with E-state index in [1.54, 1.807) is 0 Å². The minimum absolute atomic E-state index is 0.959. The second-order valence-corrected chi connectivity index (χ2v) is 6.70. The van der Waals surface area contributed by atoms with E-state index in [0.29, 0.717) is 0 Å². The summed E-state index contributed by atoms with van der Waals surface area (Å²) in [7, 11) is 0. The van der Waals surface area contributed by atoms with Crippen LogP contribution in [0.15, 0.2) is 60.7 Å². The lowest BCUT2D eigenvalue weighted by molar-refractivity contribution is 0.281. The number of imidazole rings is 1. The number of para-hydroxylation sites is 2. The minimum Gasteiger partial charge on any atom is -0.325 e. The Bertz CT molecular complexity index is 877. The van der Waals surface area contributed by atoms with Gasteiger partial charge in [0.05, 0.1) is 11.0 Å². The van der Waals surface area contributed by atoms with Gasteiger partial charge in [-0.25, -0.2) is 4.98 Å². The van der Waals surface area contributed by atoms with E-state index in [-0.39, 0.29) is 0 Å². The van der Waals surface area contributed by atoms with Crippen molar-refractivity contribution >= 4 is 16.6 Å². The summed E-state index contributed by atoms with van der Waals surface area (Å²) in [6.45, 7) is 6.40. The fourth-order valence-electron chi connectivity index (χ4n) is 3.76. The van der Waals surface area contributed by atoms with Gasteiger partial charge in [-0.1, -0.05) is 48.5 Å². The van der Waals surface area contributed by atoms with E-state index in [4.69, 9.17) is 4.98 Å². The topological polar surface area (TPSA) is 21.1 Å². The van der Waals surface area contributed by atoms with Crippen LogP contribution in [-0.2, 0) is 13.1 Å². The summed E-state index contributed by atoms with van der Waals surface area (Å²) in [5.74, 6) is 1.16. The first kappa shape index (κ1) is 16.1. The largest absolute Gasteiger partial charge is 0.325 e. The van der Waals surface area contributed by atoms with Crippen molar-refractivity contribution in [2.75, 3.05) is 13.1 Å². The molecule has 1 aliphatic rings. The Morgan fingerprint density at radius 3 is 2.60 bits per heavy atom. The molecular formula is C22H25N3. The molecule has 0 saturated heterocycles. The van der Waals surface area contributed by atoms with Gasteiger partial charge >= 0.3 is 0 Å². The Morgan fingerprint density at radius 1 is 0.960 bits per heavy atom. The zero-order valence-corrected chi connectivity index (χ0v) is 14.9. The molecule has 0 unspecified atom stereocenters. The summed E-state index contributed by atoms with van der Waals surface area (Å²) < 4.78 is 2.36. The van der Waals surface area contributed by atoms with E-state index in [1.807, 2.05) is 0 Å². The zero-order valence-electron chi connectivity index (χ0n) is 14.9. The van der Waals surface area contributed by atoms with E-state index >= 15 is 0 Å². The summed E-state index contributed by atoms with van der Waals surface area (Å²) in [6.07, 6.45) is 4.56. The Hall–Kier alpha value is -2.39. The van der Waals surface area contributed by atoms with Crippen LogP contribution in [0, 0.1) is 0 Å². The van der Waals surface area contributed by atoms with Crippen molar-refractivity contribution in [3.63, 3.8) is 0 Å². The van der Waals surface area contributed by atoms with E-state index in [0.717, 1.165) is 50.4 Å². The van der Waals surface area contributed by atoms with Crippen molar-refractivity contribution in [3.05, 3.63) is 72.1 Å². The van der Waals surface area contributed by atoms with E-state index in [1.165, 1.54) is 16.7 Å². The molecule has 0 aliphatic carbocycles. The van der Waals surface area contributed by atoms with E-state index < -0.39 is 0 Å². The van der Waals surface area contributed by atoms with E-state index in [9.17, 15) is 0 Å². The predicted octanol–water partition coefficient (Wildman–Crippen LogP) is 4.74. The van der Waals surface area contributed by atoms with Gasteiger partial charge in [-0.15, -0.1) is 0 Å². The van der Waals surface area contributed by atoms with Gasteiger partial charge in [-0.3, -0.25) is 4.90 Å². The maximum absolute atomic E-state index is 4.93. The SMILES string of the molecule is CCn1c(C2=CCCN(Cc3ccccc3)CC2)nc2ccccc21. The molecule has 0 radical (unpaired) electrons. The second-order valence-electron chi connectivity index (χ2n) is 6.70. The van der Waals surface area contributed by atoms with Gasteiger partial charge in [0.2, 0.25) is 0 Å². The number of rotatable bonds is 4. The smallest absolute Gasteiger partial charge is 0.136 e. The molecule has 4 rings (SSSR count). The average Bonchev–Trinajstić information content (AvgIpc) is 2.87. The molecule has 3 aromatic rings. The summed E-state index contributed by atoms with van der Waals surface area (Å²) in [5.41, 5.74) is 5.14. The van der Waals surface area contributed by atoms with Gasteiger partial charge < -0.3 is 4.57 Å². The van der Waals surface area contributed by atoms with Gasteiger partial charge in [0.1, 0.15) is 5.82 Å². The number of hydrogen-bond acceptors (Lipinski definition) is 2. The first-order valence-corrected chi connectivity index (χ1v) is 9.26. The number of nitrogens with zero attached hydrogens (tertiary/aromatic N) is 3. The Kier molecular flexibility index (Phi) is 4.66. The molecule has 0 amide bonds. The molecule has 3 nitrogen and oxygen atoms in total. The molecule has 25 heavy (non-hydrogen) atoms. The van der Waals surface area contributed by atoms with Crippen molar-refractivity contribution in [2.45, 2.75) is 32.9 Å². The number of aryl methyl sites for hydroxylation is 1. The van der Waals surface area contributed by atoms with Gasteiger partial charge in [0.25, 0.3) is 0 Å². The Morgan fingerprint density at radius 2 is 1.76 bits per heavy atom. The molecule has 1 aromatic heterocycles. The highest BCUT2D eigenvalue weighted by Gasteiger charge is 2.17. The first-order valence-electron chi connectivity index (χ1n) is 9.26. The fraction of sp³-hybridized carbons (Fsp3) is 0.318. The van der Waals surface area contributed by atoms with Crippen LogP contribution in [0.3, 0.4) is 0 Å². The van der Waals surface area contributed by atoms with Crippen LogP contribution < -0.4 is 0 Å². The molecule has 0 spiro atoms. The second kappa shape index (κ2) is 7.24. The zero-order chi connectivity index (χ0) is 17.1. The van der Waals surface area contributed by atoms with Crippen molar-refractivity contribution < 1.29 is 0 Å². The summed E-state index contributed by atoms with van der Waals surface area (Å²) in [6, 6.07) is 19.2. The van der Waals surface area contributed by atoms with Crippen LogP contribution in [0.2, 0.25) is 0 Å². The lowest BCUT2D eigenvalue weighted by atomic mass is 10.1. The maximum atomic E-state index is 4.93. The predicted molar refractivity (Wildman–Crippen MR) is 104 cm³/mol. The number of aromatic nitrogens is 2. The molecule has 0 saturated carbocycles. The van der Waals surface area contributed by atoms with Crippen LogP contribution >= 0.6 is 0 Å². The lowest BCUT2D eigenvalue weighted by Gasteiger charge is -2.20. The summed E-state index contributed by atoms with van der Waals surface area (Å²) >= 11 is 0. The monoisotopic (exact) mass is 331 g/mol. The third-order valence-corrected chi connectivity index (χ3v) is 5.04. The minimum atomic E-state index is 0.959. The van der Waals surface area contributed by atoms with Crippen molar-refractivity contribution in [2.24, 2.45) is 0 Å².